The zero-order valence-corrected chi connectivity index (χ0v) is 17.4. The van der Waals surface area contributed by atoms with Gasteiger partial charge in [-0.25, -0.2) is 0 Å². The lowest BCUT2D eigenvalue weighted by molar-refractivity contribution is -0.131. The fraction of sp³-hybridized carbons (Fsp3) is 0.850. The van der Waals surface area contributed by atoms with Crippen molar-refractivity contribution in [1.29, 1.82) is 0 Å². The summed E-state index contributed by atoms with van der Waals surface area (Å²) in [4.78, 5) is 22.4. The van der Waals surface area contributed by atoms with Crippen LogP contribution in [0.5, 0.6) is 0 Å². The summed E-state index contributed by atoms with van der Waals surface area (Å²) in [5.41, 5.74) is 1.73. The summed E-state index contributed by atoms with van der Waals surface area (Å²) in [5.74, 6) is 2.48. The Labute approximate surface area is 156 Å². The van der Waals surface area contributed by atoms with Gasteiger partial charge in [0.05, 0.1) is 6.10 Å². The van der Waals surface area contributed by atoms with Crippen LogP contribution in [0.15, 0.2) is 11.6 Å². The predicted octanol–water partition coefficient (Wildman–Crippen LogP) is 4.84. The molecule has 0 saturated heterocycles. The second kappa shape index (κ2) is 5.99. The van der Waals surface area contributed by atoms with Crippen LogP contribution >= 0.6 is 6.49 Å². The van der Waals surface area contributed by atoms with Crippen LogP contribution in [0.2, 0.25) is 0 Å². The van der Waals surface area contributed by atoms with Gasteiger partial charge in [-0.05, 0) is 79.9 Å². The molecular weight excluding hydrogens is 351 g/mol. The second-order valence-electron chi connectivity index (χ2n) is 9.45. The highest BCUT2D eigenvalue weighted by molar-refractivity contribution is 8.09. The molecule has 3 fully saturated rings. The van der Waals surface area contributed by atoms with Crippen molar-refractivity contribution >= 4 is 24.1 Å². The fourth-order valence-electron chi connectivity index (χ4n) is 6.77. The van der Waals surface area contributed by atoms with Crippen LogP contribution in [0.25, 0.3) is 0 Å². The van der Waals surface area contributed by atoms with Crippen molar-refractivity contribution in [3.05, 3.63) is 11.6 Å². The van der Waals surface area contributed by atoms with Gasteiger partial charge in [0.25, 0.3) is 0 Å². The van der Waals surface area contributed by atoms with Crippen LogP contribution in [0, 0.1) is 28.6 Å². The summed E-state index contributed by atoms with van der Waals surface area (Å²) in [6.45, 7) is 3.75. The standard InChI is InChI=1S/C20H31O3PS/c1-19-10-8-14(23-24(3,22)25)12-13(19)4-5-15-16-6-7-18(21)20(16,2)11-9-17(15)19/h4,14-17H,5-12H2,1-3H3,(H,22,25)/t14-,15?,16?,17?,19-,20-,24?/m0/s1. The maximum Gasteiger partial charge on any atom is 0.183 e. The van der Waals surface area contributed by atoms with E-state index in [1.165, 1.54) is 12.0 Å². The lowest BCUT2D eigenvalue weighted by atomic mass is 9.48. The summed E-state index contributed by atoms with van der Waals surface area (Å²) >= 11 is 5.10. The second-order valence-corrected chi connectivity index (χ2v) is 13.3. The summed E-state index contributed by atoms with van der Waals surface area (Å²) in [7, 11) is 0. The molecule has 3 saturated carbocycles. The minimum atomic E-state index is -2.59. The Morgan fingerprint density at radius 3 is 2.60 bits per heavy atom. The SMILES string of the molecule is C[C@]12CC[C@H](OP(C)(O)=S)CC1=CCC1C2CC[C@]2(C)C(=O)CCC12. The quantitative estimate of drug-likeness (QED) is 0.549. The maximum atomic E-state index is 12.5. The third-order valence-electron chi connectivity index (χ3n) is 8.11. The van der Waals surface area contributed by atoms with Gasteiger partial charge >= 0.3 is 0 Å². The number of allylic oxidation sites excluding steroid dienone is 1. The molecule has 0 radical (unpaired) electrons. The van der Waals surface area contributed by atoms with Crippen molar-refractivity contribution in [1.82, 2.24) is 0 Å². The molecule has 0 bridgehead atoms. The number of carbonyl (C=O) groups is 1. The molecule has 0 aromatic carbocycles. The number of fused-ring (bicyclic) bond motifs is 5. The number of rotatable bonds is 2. The van der Waals surface area contributed by atoms with Crippen LogP contribution in [0.1, 0.15) is 65.2 Å². The average Bonchev–Trinajstić information content (AvgIpc) is 2.82. The first kappa shape index (κ1) is 18.3. The summed E-state index contributed by atoms with van der Waals surface area (Å²) in [6.07, 6.45) is 10.9. The van der Waals surface area contributed by atoms with Crippen LogP contribution in [0.3, 0.4) is 0 Å². The lowest BCUT2D eigenvalue weighted by Crippen LogP contribution is -2.50. The Hall–Kier alpha value is -0.0200. The Bertz CT molecular complexity index is 668. The van der Waals surface area contributed by atoms with E-state index in [2.05, 4.69) is 19.9 Å². The molecule has 0 amide bonds. The smallest absolute Gasteiger partial charge is 0.183 e. The molecule has 0 aromatic rings. The van der Waals surface area contributed by atoms with Gasteiger partial charge in [-0.2, -0.15) is 0 Å². The molecule has 4 aliphatic rings. The summed E-state index contributed by atoms with van der Waals surface area (Å²) in [5, 5.41) is 0. The number of carbonyl (C=O) groups excluding carboxylic acids is 1. The molecule has 0 spiro atoms. The first-order valence-corrected chi connectivity index (χ1v) is 13.0. The van der Waals surface area contributed by atoms with E-state index in [1.54, 1.807) is 6.66 Å². The average molecular weight is 383 g/mol. The molecule has 0 aliphatic heterocycles. The van der Waals surface area contributed by atoms with Crippen LogP contribution < -0.4 is 0 Å². The van der Waals surface area contributed by atoms with E-state index in [-0.39, 0.29) is 16.9 Å². The number of hydrogen-bond donors (Lipinski definition) is 1. The fourth-order valence-corrected chi connectivity index (χ4v) is 7.86. The van der Waals surface area contributed by atoms with Crippen LogP contribution in [0.4, 0.5) is 0 Å². The molecule has 140 valence electrons. The molecule has 4 unspecified atom stereocenters. The third kappa shape index (κ3) is 2.92. The van der Waals surface area contributed by atoms with Crippen molar-refractivity contribution in [2.45, 2.75) is 71.3 Å². The van der Waals surface area contributed by atoms with Gasteiger partial charge in [0, 0.05) is 18.5 Å². The highest BCUT2D eigenvalue weighted by Crippen LogP contribution is 2.64. The summed E-state index contributed by atoms with van der Waals surface area (Å²) < 4.78 is 5.80. The molecule has 1 N–H and O–H groups in total. The van der Waals surface area contributed by atoms with Gasteiger partial charge in [0.15, 0.2) is 6.49 Å². The number of hydrogen-bond acceptors (Lipinski definition) is 3. The Morgan fingerprint density at radius 2 is 1.88 bits per heavy atom. The largest absolute Gasteiger partial charge is 0.345 e. The minimum absolute atomic E-state index is 0.0469. The van der Waals surface area contributed by atoms with Gasteiger partial charge in [0.2, 0.25) is 0 Å². The van der Waals surface area contributed by atoms with E-state index in [0.717, 1.165) is 44.9 Å². The van der Waals surface area contributed by atoms with Crippen LogP contribution in [-0.4, -0.2) is 23.4 Å². The number of Topliss-reactive ketones (excluding diaryl/α,β-unsaturated/α-hetero) is 1. The Kier molecular flexibility index (Phi) is 4.40. The zero-order chi connectivity index (χ0) is 18.0. The van der Waals surface area contributed by atoms with Gasteiger partial charge < -0.3 is 9.42 Å². The van der Waals surface area contributed by atoms with Crippen molar-refractivity contribution in [3.8, 4) is 0 Å². The molecule has 5 heteroatoms. The highest BCUT2D eigenvalue weighted by atomic mass is 32.5. The van der Waals surface area contributed by atoms with E-state index in [4.69, 9.17) is 16.3 Å². The minimum Gasteiger partial charge on any atom is -0.345 e. The van der Waals surface area contributed by atoms with Crippen molar-refractivity contribution < 1.29 is 14.2 Å². The monoisotopic (exact) mass is 382 g/mol. The molecule has 4 aliphatic carbocycles. The van der Waals surface area contributed by atoms with E-state index < -0.39 is 6.49 Å². The normalized spacial score (nSPS) is 48.8. The van der Waals surface area contributed by atoms with Gasteiger partial charge in [-0.15, -0.1) is 0 Å². The summed E-state index contributed by atoms with van der Waals surface area (Å²) in [6, 6.07) is 0. The van der Waals surface area contributed by atoms with E-state index >= 15 is 0 Å². The van der Waals surface area contributed by atoms with Gasteiger partial charge in [-0.1, -0.05) is 25.5 Å². The molecule has 3 nitrogen and oxygen atoms in total. The van der Waals surface area contributed by atoms with Crippen molar-refractivity contribution in [3.63, 3.8) is 0 Å². The van der Waals surface area contributed by atoms with Gasteiger partial charge in [0.1, 0.15) is 5.78 Å². The third-order valence-corrected chi connectivity index (χ3v) is 9.06. The zero-order valence-electron chi connectivity index (χ0n) is 15.7. The Balaban J connectivity index is 1.58. The van der Waals surface area contributed by atoms with Crippen LogP contribution in [-0.2, 0) is 21.1 Å². The van der Waals surface area contributed by atoms with Gasteiger partial charge in [-0.3, -0.25) is 4.79 Å². The number of ketones is 1. The molecule has 4 rings (SSSR count). The first-order chi connectivity index (χ1) is 11.6. The Morgan fingerprint density at radius 1 is 1.20 bits per heavy atom. The van der Waals surface area contributed by atoms with E-state index in [9.17, 15) is 9.69 Å². The van der Waals surface area contributed by atoms with E-state index in [1.807, 2.05) is 0 Å². The van der Waals surface area contributed by atoms with Crippen molar-refractivity contribution in [2.75, 3.05) is 6.66 Å². The molecular formula is C20H31O3PS. The topological polar surface area (TPSA) is 46.5 Å². The molecule has 25 heavy (non-hydrogen) atoms. The lowest BCUT2D eigenvalue weighted by Gasteiger charge is -2.57. The molecule has 7 atom stereocenters. The van der Waals surface area contributed by atoms with E-state index in [0.29, 0.717) is 23.5 Å². The molecule has 0 aromatic heterocycles. The predicted molar refractivity (Wildman–Crippen MR) is 104 cm³/mol. The molecule has 0 heterocycles. The highest BCUT2D eigenvalue weighted by Gasteiger charge is 2.58. The maximum absolute atomic E-state index is 12.5. The first-order valence-electron chi connectivity index (χ1n) is 9.85. The van der Waals surface area contributed by atoms with Crippen molar-refractivity contribution in [2.24, 2.45) is 28.6 Å².